The van der Waals surface area contributed by atoms with Crippen molar-refractivity contribution in [3.05, 3.63) is 0 Å². The van der Waals surface area contributed by atoms with Crippen LogP contribution in [0.15, 0.2) is 0 Å². The molecule has 10 atom stereocenters. The van der Waals surface area contributed by atoms with Gasteiger partial charge in [0.1, 0.15) is 48.8 Å². The fourth-order valence-corrected chi connectivity index (χ4v) is 2.93. The predicted octanol–water partition coefficient (Wildman–Crippen LogP) is -5.58. The van der Waals surface area contributed by atoms with Gasteiger partial charge in [-0.2, -0.15) is 0 Å². The van der Waals surface area contributed by atoms with Crippen molar-refractivity contribution in [2.75, 3.05) is 13.2 Å². The Morgan fingerprint density at radius 2 is 1.10 bits per heavy atom. The first-order valence-corrected chi connectivity index (χ1v) is 8.74. The van der Waals surface area contributed by atoms with Gasteiger partial charge in [0.15, 0.2) is 18.9 Å². The topological polar surface area (TPSA) is 236 Å². The molecule has 2 rings (SSSR count). The van der Waals surface area contributed by atoms with E-state index in [1.54, 1.807) is 0 Å². The number of aliphatic hydroxyl groups excluding tert-OH is 8. The average molecular weight is 430 g/mol. The van der Waals surface area contributed by atoms with Gasteiger partial charge < -0.3 is 64.9 Å². The Kier molecular flexibility index (Phi) is 8.65. The van der Waals surface area contributed by atoms with Crippen LogP contribution in [-0.2, 0) is 23.7 Å². The number of aliphatic carboxylic acids is 1. The SMILES string of the molecule is O=C(O)CC(O[C@@H]1O[C@H](CO)[C@H](O)[C@H](O)[C@H]1O)O[C@@H]1O[C@H](CO)[C@H](O)[C@H](O)[C@H]1O. The minimum Gasteiger partial charge on any atom is -0.481 e. The molecule has 0 unspecified atom stereocenters. The first-order valence-electron chi connectivity index (χ1n) is 8.74. The van der Waals surface area contributed by atoms with Crippen molar-refractivity contribution >= 4 is 5.97 Å². The van der Waals surface area contributed by atoms with Gasteiger partial charge in [-0.25, -0.2) is 0 Å². The lowest BCUT2D eigenvalue weighted by Gasteiger charge is -2.43. The number of ether oxygens (including phenoxy) is 4. The Bertz CT molecular complexity index is 491. The lowest BCUT2D eigenvalue weighted by molar-refractivity contribution is -0.377. The first-order chi connectivity index (χ1) is 13.6. The second-order valence-electron chi connectivity index (χ2n) is 6.69. The average Bonchev–Trinajstić information content (AvgIpc) is 2.68. The van der Waals surface area contributed by atoms with Gasteiger partial charge in [-0.3, -0.25) is 4.79 Å². The Balaban J connectivity index is 2.12. The third-order valence-corrected chi connectivity index (χ3v) is 4.61. The van der Waals surface area contributed by atoms with Crippen LogP contribution < -0.4 is 0 Å². The zero-order chi connectivity index (χ0) is 21.9. The van der Waals surface area contributed by atoms with Gasteiger partial charge >= 0.3 is 5.97 Å². The highest BCUT2D eigenvalue weighted by molar-refractivity contribution is 5.67. The van der Waals surface area contributed by atoms with Crippen LogP contribution >= 0.6 is 0 Å². The molecule has 2 fully saturated rings. The summed E-state index contributed by atoms with van der Waals surface area (Å²) < 4.78 is 20.6. The van der Waals surface area contributed by atoms with E-state index in [4.69, 9.17) is 24.1 Å². The van der Waals surface area contributed by atoms with Gasteiger partial charge in [0.25, 0.3) is 0 Å². The number of carbonyl (C=O) groups is 1. The molecule has 2 saturated heterocycles. The molecule has 0 spiro atoms. The molecule has 2 aliphatic heterocycles. The normalized spacial score (nSPS) is 43.5. The van der Waals surface area contributed by atoms with E-state index in [-0.39, 0.29) is 0 Å². The Hall–Kier alpha value is -1.01. The molecule has 0 amide bonds. The van der Waals surface area contributed by atoms with Gasteiger partial charge in [-0.05, 0) is 0 Å². The monoisotopic (exact) mass is 430 g/mol. The van der Waals surface area contributed by atoms with Crippen LogP contribution in [0.3, 0.4) is 0 Å². The summed E-state index contributed by atoms with van der Waals surface area (Å²) in [6, 6.07) is 0. The summed E-state index contributed by atoms with van der Waals surface area (Å²) in [5.74, 6) is -1.44. The summed E-state index contributed by atoms with van der Waals surface area (Å²) in [6.45, 7) is -1.50. The van der Waals surface area contributed by atoms with Gasteiger partial charge in [-0.15, -0.1) is 0 Å². The summed E-state index contributed by atoms with van der Waals surface area (Å²) in [6.07, 6.45) is -19.4. The number of hydrogen-bond acceptors (Lipinski definition) is 13. The maximum absolute atomic E-state index is 11.1. The third-order valence-electron chi connectivity index (χ3n) is 4.61. The van der Waals surface area contributed by atoms with E-state index in [0.717, 1.165) is 0 Å². The van der Waals surface area contributed by atoms with E-state index < -0.39 is 93.3 Å². The van der Waals surface area contributed by atoms with E-state index >= 15 is 0 Å². The molecule has 9 N–H and O–H groups in total. The molecule has 0 radical (unpaired) electrons. The van der Waals surface area contributed by atoms with Crippen LogP contribution in [0, 0.1) is 0 Å². The molecule has 170 valence electrons. The van der Waals surface area contributed by atoms with Crippen molar-refractivity contribution in [3.63, 3.8) is 0 Å². The zero-order valence-electron chi connectivity index (χ0n) is 15.0. The number of hydrogen-bond donors (Lipinski definition) is 9. The van der Waals surface area contributed by atoms with Crippen LogP contribution in [0.2, 0.25) is 0 Å². The predicted molar refractivity (Wildman–Crippen MR) is 85.7 cm³/mol. The van der Waals surface area contributed by atoms with Crippen LogP contribution in [0.25, 0.3) is 0 Å². The Morgan fingerprint density at radius 3 is 1.41 bits per heavy atom. The summed E-state index contributed by atoms with van der Waals surface area (Å²) >= 11 is 0. The second kappa shape index (κ2) is 10.3. The molecule has 0 aromatic heterocycles. The van der Waals surface area contributed by atoms with Crippen LogP contribution in [0.5, 0.6) is 0 Å². The Labute approximate surface area is 164 Å². The van der Waals surface area contributed by atoms with Crippen molar-refractivity contribution in [1.82, 2.24) is 0 Å². The third kappa shape index (κ3) is 5.57. The second-order valence-corrected chi connectivity index (χ2v) is 6.69. The minimum absolute atomic E-state index is 0.748. The Morgan fingerprint density at radius 1 is 0.724 bits per heavy atom. The van der Waals surface area contributed by atoms with E-state index in [1.165, 1.54) is 0 Å². The van der Waals surface area contributed by atoms with Crippen LogP contribution in [-0.4, -0.2) is 133 Å². The van der Waals surface area contributed by atoms with E-state index in [2.05, 4.69) is 0 Å². The fraction of sp³-hybridized carbons (Fsp3) is 0.933. The number of rotatable bonds is 8. The molecule has 0 bridgehead atoms. The molecule has 0 aromatic rings. The molecule has 0 saturated carbocycles. The summed E-state index contributed by atoms with van der Waals surface area (Å²) in [4.78, 5) is 11.1. The van der Waals surface area contributed by atoms with Gasteiger partial charge in [0.2, 0.25) is 0 Å². The molecular weight excluding hydrogens is 404 g/mol. The largest absolute Gasteiger partial charge is 0.481 e. The highest BCUT2D eigenvalue weighted by atomic mass is 16.8. The van der Waals surface area contributed by atoms with Crippen molar-refractivity contribution in [3.8, 4) is 0 Å². The van der Waals surface area contributed by atoms with Crippen molar-refractivity contribution < 1.29 is 69.7 Å². The minimum atomic E-state index is -1.84. The fourth-order valence-electron chi connectivity index (χ4n) is 2.93. The number of carboxylic acids is 1. The first kappa shape index (κ1) is 24.3. The van der Waals surface area contributed by atoms with Crippen LogP contribution in [0.1, 0.15) is 6.42 Å². The van der Waals surface area contributed by atoms with Crippen molar-refractivity contribution in [2.45, 2.75) is 74.1 Å². The van der Waals surface area contributed by atoms with Crippen molar-refractivity contribution in [2.24, 2.45) is 0 Å². The quantitative estimate of drug-likeness (QED) is 0.163. The molecular formula is C15H26O14. The van der Waals surface area contributed by atoms with E-state index in [0.29, 0.717) is 0 Å². The zero-order valence-corrected chi connectivity index (χ0v) is 15.0. The summed E-state index contributed by atoms with van der Waals surface area (Å²) in [5, 5.41) is 86.4. The summed E-state index contributed by atoms with van der Waals surface area (Å²) in [7, 11) is 0. The van der Waals surface area contributed by atoms with Crippen LogP contribution in [0.4, 0.5) is 0 Å². The maximum atomic E-state index is 11.1. The highest BCUT2D eigenvalue weighted by Crippen LogP contribution is 2.27. The molecule has 14 heteroatoms. The van der Waals surface area contributed by atoms with Crippen molar-refractivity contribution in [1.29, 1.82) is 0 Å². The molecule has 0 aliphatic carbocycles. The molecule has 2 aliphatic rings. The van der Waals surface area contributed by atoms with E-state index in [9.17, 15) is 45.6 Å². The lowest BCUT2D eigenvalue weighted by atomic mass is 9.99. The van der Waals surface area contributed by atoms with Gasteiger partial charge in [0.05, 0.1) is 19.6 Å². The maximum Gasteiger partial charge on any atom is 0.308 e. The molecule has 0 aromatic carbocycles. The van der Waals surface area contributed by atoms with Gasteiger partial charge in [0, 0.05) is 0 Å². The van der Waals surface area contributed by atoms with Gasteiger partial charge in [-0.1, -0.05) is 0 Å². The smallest absolute Gasteiger partial charge is 0.308 e. The lowest BCUT2D eigenvalue weighted by Crippen LogP contribution is -2.61. The molecule has 2 heterocycles. The molecule has 29 heavy (non-hydrogen) atoms. The van der Waals surface area contributed by atoms with E-state index in [1.807, 2.05) is 0 Å². The highest BCUT2D eigenvalue weighted by Gasteiger charge is 2.48. The molecule has 14 nitrogen and oxygen atoms in total. The number of carboxylic acid groups (broad SMARTS) is 1. The summed E-state index contributed by atoms with van der Waals surface area (Å²) in [5.41, 5.74) is 0. The number of aliphatic hydroxyl groups is 8. The standard InChI is InChI=1S/C15H26O14/c16-2-4-8(20)10(22)12(24)14(26-4)28-7(1-6(18)19)29-15-13(25)11(23)9(21)5(3-17)27-15/h4-5,7-17,20-25H,1-3H2,(H,18,19)/t4-,5-,8+,9+,10+,11+,12-,13-,14+,15+/m1/s1.